The van der Waals surface area contributed by atoms with Crippen molar-refractivity contribution in [2.24, 2.45) is 23.7 Å². The first-order valence-electron chi connectivity index (χ1n) is 4.84. The van der Waals surface area contributed by atoms with Gasteiger partial charge in [-0.2, -0.15) is 0 Å². The molecule has 3 aliphatic rings. The van der Waals surface area contributed by atoms with E-state index in [4.69, 9.17) is 0 Å². The maximum atomic E-state index is 13.6. The van der Waals surface area contributed by atoms with Gasteiger partial charge in [-0.15, -0.1) is 0 Å². The molecule has 4 unspecified atom stereocenters. The predicted molar refractivity (Wildman–Crippen MR) is 45.8 cm³/mol. The van der Waals surface area contributed by atoms with Gasteiger partial charge in [0.25, 0.3) is 5.92 Å². The normalized spacial score (nSPS) is 45.4. The highest BCUT2D eigenvalue weighted by molar-refractivity contribution is 6.06. The van der Waals surface area contributed by atoms with E-state index in [-0.39, 0.29) is 0 Å². The number of fused-ring (bicyclic) bond motifs is 5. The van der Waals surface area contributed by atoms with Gasteiger partial charge in [0.15, 0.2) is 0 Å². The lowest BCUT2D eigenvalue weighted by atomic mass is 9.85. The van der Waals surface area contributed by atoms with E-state index in [9.17, 15) is 18.4 Å². The molecule has 2 fully saturated rings. The standard InChI is InChI=1S/C10H9F2NO2/c1-13-8(14)6-4-2-3-5(10(4,11)12)7(6)9(13)15/h2-7H,1H3. The average molecular weight is 213 g/mol. The fourth-order valence-electron chi connectivity index (χ4n) is 3.05. The number of nitrogens with zero attached hydrogens (tertiary/aromatic N) is 1. The number of alkyl halides is 2. The molecular formula is C10H9F2NO2. The Balaban J connectivity index is 2.11. The molecule has 2 amide bonds. The molecule has 4 atom stereocenters. The topological polar surface area (TPSA) is 37.4 Å². The van der Waals surface area contributed by atoms with Crippen molar-refractivity contribution in [2.45, 2.75) is 5.92 Å². The van der Waals surface area contributed by atoms with Crippen LogP contribution in [0.2, 0.25) is 0 Å². The van der Waals surface area contributed by atoms with Crippen LogP contribution in [0.25, 0.3) is 0 Å². The summed E-state index contributed by atoms with van der Waals surface area (Å²) in [5.74, 6) is -7.63. The highest BCUT2D eigenvalue weighted by Crippen LogP contribution is 2.60. The van der Waals surface area contributed by atoms with E-state index in [1.165, 1.54) is 19.2 Å². The SMILES string of the molecule is CN1C(=O)C2C(C1=O)C1C=CC2C1(F)F. The average Bonchev–Trinajstić information content (AvgIpc) is 2.69. The van der Waals surface area contributed by atoms with Gasteiger partial charge in [0.1, 0.15) is 0 Å². The Morgan fingerprint density at radius 1 is 1.13 bits per heavy atom. The van der Waals surface area contributed by atoms with Crippen LogP contribution in [0.1, 0.15) is 0 Å². The second-order valence-electron chi connectivity index (χ2n) is 4.40. The molecule has 0 aromatic carbocycles. The lowest BCUT2D eigenvalue weighted by Crippen LogP contribution is -2.35. The van der Waals surface area contributed by atoms with E-state index in [0.717, 1.165) is 4.90 Å². The van der Waals surface area contributed by atoms with Crippen LogP contribution in [0.15, 0.2) is 12.2 Å². The molecule has 0 N–H and O–H groups in total. The summed E-state index contributed by atoms with van der Waals surface area (Å²) in [6.07, 6.45) is 2.77. The first-order chi connectivity index (χ1) is 6.96. The number of allylic oxidation sites excluding steroid dienone is 2. The molecule has 0 aromatic rings. The molecule has 2 aliphatic carbocycles. The molecule has 2 bridgehead atoms. The van der Waals surface area contributed by atoms with E-state index >= 15 is 0 Å². The first-order valence-corrected chi connectivity index (χ1v) is 4.84. The van der Waals surface area contributed by atoms with Gasteiger partial charge in [-0.05, 0) is 0 Å². The van der Waals surface area contributed by atoms with Crippen LogP contribution >= 0.6 is 0 Å². The molecule has 80 valence electrons. The van der Waals surface area contributed by atoms with Crippen LogP contribution < -0.4 is 0 Å². The summed E-state index contributed by atoms with van der Waals surface area (Å²) in [4.78, 5) is 24.2. The van der Waals surface area contributed by atoms with Gasteiger partial charge in [0.2, 0.25) is 11.8 Å². The number of likely N-dealkylation sites (tertiary alicyclic amines) is 1. The van der Waals surface area contributed by atoms with Crippen molar-refractivity contribution in [3.05, 3.63) is 12.2 Å². The lowest BCUT2D eigenvalue weighted by molar-refractivity contribution is -0.142. The zero-order valence-corrected chi connectivity index (χ0v) is 7.98. The Kier molecular flexibility index (Phi) is 1.37. The molecule has 5 heteroatoms. The fourth-order valence-corrected chi connectivity index (χ4v) is 3.05. The Morgan fingerprint density at radius 2 is 1.53 bits per heavy atom. The zero-order valence-electron chi connectivity index (χ0n) is 7.98. The van der Waals surface area contributed by atoms with Crippen molar-refractivity contribution in [2.75, 3.05) is 7.05 Å². The fraction of sp³-hybridized carbons (Fsp3) is 0.600. The van der Waals surface area contributed by atoms with E-state index in [1.807, 2.05) is 0 Å². The number of carbonyl (C=O) groups is 2. The van der Waals surface area contributed by atoms with Crippen molar-refractivity contribution in [1.82, 2.24) is 4.90 Å². The molecule has 1 heterocycles. The Hall–Kier alpha value is -1.26. The van der Waals surface area contributed by atoms with Crippen molar-refractivity contribution in [3.63, 3.8) is 0 Å². The van der Waals surface area contributed by atoms with Crippen LogP contribution in [0, 0.1) is 23.7 Å². The zero-order chi connectivity index (χ0) is 11.0. The van der Waals surface area contributed by atoms with Crippen molar-refractivity contribution >= 4 is 11.8 Å². The number of carbonyl (C=O) groups excluding carboxylic acids is 2. The first kappa shape index (κ1) is 9.00. The van der Waals surface area contributed by atoms with Gasteiger partial charge in [-0.1, -0.05) is 12.2 Å². The number of hydrogen-bond donors (Lipinski definition) is 0. The largest absolute Gasteiger partial charge is 0.285 e. The van der Waals surface area contributed by atoms with E-state index < -0.39 is 41.4 Å². The second kappa shape index (κ2) is 2.28. The van der Waals surface area contributed by atoms with Crippen LogP contribution in [-0.4, -0.2) is 29.7 Å². The minimum absolute atomic E-state index is 0.457. The summed E-state index contributed by atoms with van der Waals surface area (Å²) in [6, 6.07) is 0. The van der Waals surface area contributed by atoms with Gasteiger partial charge in [0, 0.05) is 7.05 Å². The molecule has 3 rings (SSSR count). The molecule has 0 radical (unpaired) electrons. The third-order valence-corrected chi connectivity index (χ3v) is 3.81. The van der Waals surface area contributed by atoms with Gasteiger partial charge >= 0.3 is 0 Å². The number of hydrogen-bond acceptors (Lipinski definition) is 2. The third-order valence-electron chi connectivity index (χ3n) is 3.81. The summed E-state index contributed by atoms with van der Waals surface area (Å²) < 4.78 is 27.2. The smallest absolute Gasteiger partial charge is 0.262 e. The highest BCUT2D eigenvalue weighted by Gasteiger charge is 2.71. The summed E-state index contributed by atoms with van der Waals surface area (Å²) in [7, 11) is 1.36. The number of rotatable bonds is 0. The maximum absolute atomic E-state index is 13.6. The van der Waals surface area contributed by atoms with Gasteiger partial charge < -0.3 is 0 Å². The summed E-state index contributed by atoms with van der Waals surface area (Å²) >= 11 is 0. The third kappa shape index (κ3) is 0.768. The minimum atomic E-state index is -2.91. The van der Waals surface area contributed by atoms with Crippen molar-refractivity contribution in [1.29, 1.82) is 0 Å². The van der Waals surface area contributed by atoms with Crippen molar-refractivity contribution in [3.8, 4) is 0 Å². The lowest BCUT2D eigenvalue weighted by Gasteiger charge is -2.19. The Bertz CT molecular complexity index is 370. The summed E-state index contributed by atoms with van der Waals surface area (Å²) in [6.45, 7) is 0. The maximum Gasteiger partial charge on any atom is 0.262 e. The van der Waals surface area contributed by atoms with Crippen LogP contribution in [0.4, 0.5) is 8.78 Å². The number of halogens is 2. The molecule has 0 spiro atoms. The van der Waals surface area contributed by atoms with Crippen LogP contribution in [0.5, 0.6) is 0 Å². The van der Waals surface area contributed by atoms with E-state index in [2.05, 4.69) is 0 Å². The van der Waals surface area contributed by atoms with Crippen molar-refractivity contribution < 1.29 is 18.4 Å². The molecule has 15 heavy (non-hydrogen) atoms. The van der Waals surface area contributed by atoms with Crippen LogP contribution in [0.3, 0.4) is 0 Å². The van der Waals surface area contributed by atoms with Crippen LogP contribution in [-0.2, 0) is 9.59 Å². The Morgan fingerprint density at radius 3 is 1.93 bits per heavy atom. The minimum Gasteiger partial charge on any atom is -0.285 e. The quantitative estimate of drug-likeness (QED) is 0.438. The highest BCUT2D eigenvalue weighted by atomic mass is 19.3. The van der Waals surface area contributed by atoms with Gasteiger partial charge in [-0.3, -0.25) is 14.5 Å². The molecular weight excluding hydrogens is 204 g/mol. The van der Waals surface area contributed by atoms with E-state index in [0.29, 0.717) is 0 Å². The van der Waals surface area contributed by atoms with E-state index in [1.54, 1.807) is 0 Å². The second-order valence-corrected chi connectivity index (χ2v) is 4.40. The van der Waals surface area contributed by atoms with Gasteiger partial charge in [-0.25, -0.2) is 8.78 Å². The summed E-state index contributed by atoms with van der Waals surface area (Å²) in [5.41, 5.74) is 0. The summed E-state index contributed by atoms with van der Waals surface area (Å²) in [5, 5.41) is 0. The molecule has 0 aromatic heterocycles. The monoisotopic (exact) mass is 213 g/mol. The van der Waals surface area contributed by atoms with Gasteiger partial charge in [0.05, 0.1) is 23.7 Å². The molecule has 3 nitrogen and oxygen atoms in total. The number of amides is 2. The molecule has 1 saturated heterocycles. The molecule has 1 aliphatic heterocycles. The number of imide groups is 1. The Labute approximate surface area is 84.7 Å². The predicted octanol–water partition coefficient (Wildman–Crippen LogP) is 0.668. The molecule has 1 saturated carbocycles.